The van der Waals surface area contributed by atoms with Crippen LogP contribution < -0.4 is 5.32 Å². The second kappa shape index (κ2) is 7.27. The van der Waals surface area contributed by atoms with Crippen molar-refractivity contribution in [3.05, 3.63) is 77.1 Å². The van der Waals surface area contributed by atoms with E-state index >= 15 is 0 Å². The molecule has 0 aliphatic heterocycles. The van der Waals surface area contributed by atoms with Crippen LogP contribution in [-0.2, 0) is 6.61 Å². The topological polar surface area (TPSA) is 80.0 Å². The van der Waals surface area contributed by atoms with Crippen LogP contribution >= 0.6 is 0 Å². The summed E-state index contributed by atoms with van der Waals surface area (Å²) in [7, 11) is 0. The molecule has 1 aromatic heterocycles. The van der Waals surface area contributed by atoms with Gasteiger partial charge in [-0.3, -0.25) is 4.79 Å². The molecule has 0 radical (unpaired) electrons. The van der Waals surface area contributed by atoms with Crippen LogP contribution in [0.3, 0.4) is 0 Å². The largest absolute Gasteiger partial charge is 0.390 e. The summed E-state index contributed by atoms with van der Waals surface area (Å²) < 4.78 is 0. The lowest BCUT2D eigenvalue weighted by atomic mass is 10.1. The summed E-state index contributed by atoms with van der Waals surface area (Å²) in [6.45, 7) is 3.54. The van der Waals surface area contributed by atoms with Crippen LogP contribution in [0.15, 0.2) is 54.6 Å². The Balaban J connectivity index is 1.83. The number of nitrogens with zero attached hydrogens (tertiary/aromatic N) is 3. The molecule has 2 aromatic carbocycles. The zero-order valence-electron chi connectivity index (χ0n) is 14.2. The Labute approximate surface area is 146 Å². The van der Waals surface area contributed by atoms with Crippen molar-refractivity contribution in [3.8, 4) is 5.69 Å². The number of aryl methyl sites for hydroxylation is 1. The van der Waals surface area contributed by atoms with E-state index in [1.54, 1.807) is 0 Å². The number of aliphatic hydroxyl groups is 1. The Morgan fingerprint density at radius 3 is 2.44 bits per heavy atom. The molecule has 6 nitrogen and oxygen atoms in total. The highest BCUT2D eigenvalue weighted by atomic mass is 16.3. The van der Waals surface area contributed by atoms with Crippen molar-refractivity contribution >= 4 is 5.91 Å². The van der Waals surface area contributed by atoms with Crippen LogP contribution in [-0.4, -0.2) is 26.0 Å². The number of amides is 1. The Kier molecular flexibility index (Phi) is 4.90. The van der Waals surface area contributed by atoms with E-state index in [-0.39, 0.29) is 29.9 Å². The molecule has 0 saturated heterocycles. The third kappa shape index (κ3) is 3.75. The van der Waals surface area contributed by atoms with Crippen LogP contribution in [0.5, 0.6) is 0 Å². The van der Waals surface area contributed by atoms with Gasteiger partial charge in [0, 0.05) is 0 Å². The molecule has 0 spiro atoms. The third-order valence-corrected chi connectivity index (χ3v) is 3.96. The number of hydrogen-bond donors (Lipinski definition) is 2. The number of benzene rings is 2. The van der Waals surface area contributed by atoms with Gasteiger partial charge in [-0.1, -0.05) is 48.0 Å². The third-order valence-electron chi connectivity index (χ3n) is 3.96. The predicted molar refractivity (Wildman–Crippen MR) is 94.3 cm³/mol. The highest BCUT2D eigenvalue weighted by Crippen LogP contribution is 2.14. The first-order chi connectivity index (χ1) is 12.1. The lowest BCUT2D eigenvalue weighted by Gasteiger charge is -2.13. The summed E-state index contributed by atoms with van der Waals surface area (Å²) in [6, 6.07) is 17.1. The molecule has 3 rings (SSSR count). The van der Waals surface area contributed by atoms with E-state index in [1.807, 2.05) is 68.4 Å². The SMILES string of the molecule is Cc1ccc(-n2nc(CO)c(C(=O)N[C@@H](C)c3ccccc3)n2)cc1. The number of carbonyl (C=O) groups excluding carboxylic acids is 1. The molecule has 0 aliphatic carbocycles. The van der Waals surface area contributed by atoms with Gasteiger partial charge in [-0.25, -0.2) is 0 Å². The monoisotopic (exact) mass is 336 g/mol. The van der Waals surface area contributed by atoms with E-state index in [2.05, 4.69) is 15.5 Å². The normalized spacial score (nSPS) is 12.0. The second-order valence-electron chi connectivity index (χ2n) is 5.88. The van der Waals surface area contributed by atoms with E-state index in [4.69, 9.17) is 0 Å². The van der Waals surface area contributed by atoms with E-state index in [1.165, 1.54) is 4.80 Å². The van der Waals surface area contributed by atoms with Gasteiger partial charge in [-0.15, -0.1) is 10.2 Å². The molecule has 0 bridgehead atoms. The van der Waals surface area contributed by atoms with Gasteiger partial charge in [0.15, 0.2) is 5.69 Å². The summed E-state index contributed by atoms with van der Waals surface area (Å²) in [5, 5.41) is 20.9. The predicted octanol–water partition coefficient (Wildman–Crippen LogP) is 2.56. The van der Waals surface area contributed by atoms with E-state index in [0.717, 1.165) is 16.8 Å². The Morgan fingerprint density at radius 2 is 1.80 bits per heavy atom. The van der Waals surface area contributed by atoms with Gasteiger partial charge < -0.3 is 10.4 Å². The lowest BCUT2D eigenvalue weighted by Crippen LogP contribution is -2.28. The average Bonchev–Trinajstić information content (AvgIpc) is 3.07. The summed E-state index contributed by atoms with van der Waals surface area (Å²) in [6.07, 6.45) is 0. The molecule has 0 saturated carbocycles. The molecular formula is C19H20N4O2. The number of carbonyl (C=O) groups is 1. The number of rotatable bonds is 5. The molecular weight excluding hydrogens is 316 g/mol. The molecule has 1 atom stereocenters. The van der Waals surface area contributed by atoms with E-state index < -0.39 is 0 Å². The molecule has 128 valence electrons. The Bertz CT molecular complexity index is 857. The number of hydrogen-bond acceptors (Lipinski definition) is 4. The first kappa shape index (κ1) is 16.9. The molecule has 1 amide bonds. The fourth-order valence-electron chi connectivity index (χ4n) is 2.50. The van der Waals surface area contributed by atoms with Gasteiger partial charge >= 0.3 is 0 Å². The number of nitrogens with one attached hydrogen (secondary N) is 1. The fraction of sp³-hybridized carbons (Fsp3) is 0.211. The van der Waals surface area contributed by atoms with Crippen LogP contribution in [0.1, 0.15) is 40.3 Å². The maximum absolute atomic E-state index is 12.6. The molecule has 3 aromatic rings. The average molecular weight is 336 g/mol. The minimum atomic E-state index is -0.362. The molecule has 1 heterocycles. The molecule has 0 fully saturated rings. The zero-order valence-corrected chi connectivity index (χ0v) is 14.2. The lowest BCUT2D eigenvalue weighted by molar-refractivity contribution is 0.0931. The summed E-state index contributed by atoms with van der Waals surface area (Å²) in [4.78, 5) is 13.9. The van der Waals surface area contributed by atoms with Gasteiger partial charge in [-0.2, -0.15) is 4.80 Å². The molecule has 2 N–H and O–H groups in total. The number of aromatic nitrogens is 3. The number of aliphatic hydroxyl groups excluding tert-OH is 1. The minimum Gasteiger partial charge on any atom is -0.390 e. The summed E-state index contributed by atoms with van der Waals surface area (Å²) in [5.41, 5.74) is 3.22. The van der Waals surface area contributed by atoms with Crippen molar-refractivity contribution < 1.29 is 9.90 Å². The first-order valence-electron chi connectivity index (χ1n) is 8.08. The van der Waals surface area contributed by atoms with Gasteiger partial charge in [0.1, 0.15) is 5.69 Å². The van der Waals surface area contributed by atoms with Crippen molar-refractivity contribution in [2.45, 2.75) is 26.5 Å². The van der Waals surface area contributed by atoms with Gasteiger partial charge in [0.05, 0.1) is 18.3 Å². The van der Waals surface area contributed by atoms with Crippen LogP contribution in [0.25, 0.3) is 5.69 Å². The minimum absolute atomic E-state index is 0.130. The van der Waals surface area contributed by atoms with Crippen LogP contribution in [0, 0.1) is 6.92 Å². The highest BCUT2D eigenvalue weighted by Gasteiger charge is 2.20. The van der Waals surface area contributed by atoms with Crippen molar-refractivity contribution in [1.29, 1.82) is 0 Å². The van der Waals surface area contributed by atoms with E-state index in [9.17, 15) is 9.90 Å². The maximum atomic E-state index is 12.6. The molecule has 25 heavy (non-hydrogen) atoms. The smallest absolute Gasteiger partial charge is 0.274 e. The Hall–Kier alpha value is -2.99. The zero-order chi connectivity index (χ0) is 17.8. The van der Waals surface area contributed by atoms with Crippen LogP contribution in [0.2, 0.25) is 0 Å². The summed E-state index contributed by atoms with van der Waals surface area (Å²) in [5.74, 6) is -0.362. The Morgan fingerprint density at radius 1 is 1.12 bits per heavy atom. The van der Waals surface area contributed by atoms with Crippen LogP contribution in [0.4, 0.5) is 0 Å². The van der Waals surface area contributed by atoms with E-state index in [0.29, 0.717) is 0 Å². The van der Waals surface area contributed by atoms with Gasteiger partial charge in [0.2, 0.25) is 0 Å². The standard InChI is InChI=1S/C19H20N4O2/c1-13-8-10-16(11-9-13)23-21-17(12-24)18(22-23)19(25)20-14(2)15-6-4-3-5-7-15/h3-11,14,24H,12H2,1-2H3,(H,20,25)/t14-/m0/s1. The molecule has 6 heteroatoms. The van der Waals surface area contributed by atoms with Crippen molar-refractivity contribution in [1.82, 2.24) is 20.3 Å². The van der Waals surface area contributed by atoms with Crippen molar-refractivity contribution in [2.24, 2.45) is 0 Å². The van der Waals surface area contributed by atoms with Gasteiger partial charge in [-0.05, 0) is 31.5 Å². The fourth-order valence-corrected chi connectivity index (χ4v) is 2.50. The maximum Gasteiger partial charge on any atom is 0.274 e. The quantitative estimate of drug-likeness (QED) is 0.750. The first-order valence-corrected chi connectivity index (χ1v) is 8.08. The second-order valence-corrected chi connectivity index (χ2v) is 5.88. The van der Waals surface area contributed by atoms with Gasteiger partial charge in [0.25, 0.3) is 5.91 Å². The molecule has 0 unspecified atom stereocenters. The summed E-state index contributed by atoms with van der Waals surface area (Å²) >= 11 is 0. The highest BCUT2D eigenvalue weighted by molar-refractivity contribution is 5.93. The van der Waals surface area contributed by atoms with Crippen molar-refractivity contribution in [3.63, 3.8) is 0 Å². The molecule has 0 aliphatic rings. The van der Waals surface area contributed by atoms with Crippen molar-refractivity contribution in [2.75, 3.05) is 0 Å².